The maximum Gasteiger partial charge on any atom is 0.206 e. The fourth-order valence-electron chi connectivity index (χ4n) is 2.35. The minimum Gasteiger partial charge on any atom is -0.385 e. The van der Waals surface area contributed by atoms with Crippen LogP contribution in [-0.4, -0.2) is 25.4 Å². The standard InChI is InChI=1S/C15H12O4S/c16-14-8-10-6-7-12(9-13(10)15(14)17)20(18,19)11-4-2-1-3-5-11/h1-7,9,14,16H,8H2. The zero-order valence-corrected chi connectivity index (χ0v) is 11.3. The van der Waals surface area contributed by atoms with Crippen molar-refractivity contribution in [2.24, 2.45) is 0 Å². The third-order valence-corrected chi connectivity index (χ3v) is 5.19. The van der Waals surface area contributed by atoms with Gasteiger partial charge in [0, 0.05) is 12.0 Å². The number of aliphatic hydroxyl groups excluding tert-OH is 1. The lowest BCUT2D eigenvalue weighted by atomic mass is 10.1. The molecule has 0 spiro atoms. The van der Waals surface area contributed by atoms with E-state index in [1.165, 1.54) is 24.3 Å². The number of carbonyl (C=O) groups excluding carboxylic acids is 1. The van der Waals surface area contributed by atoms with E-state index >= 15 is 0 Å². The highest BCUT2D eigenvalue weighted by atomic mass is 32.2. The fraction of sp³-hybridized carbons (Fsp3) is 0.133. The lowest BCUT2D eigenvalue weighted by Crippen LogP contribution is -2.14. The summed E-state index contributed by atoms with van der Waals surface area (Å²) in [6, 6.07) is 12.5. The summed E-state index contributed by atoms with van der Waals surface area (Å²) in [6.07, 6.45) is -0.806. The quantitative estimate of drug-likeness (QED) is 0.911. The van der Waals surface area contributed by atoms with Crippen LogP contribution in [0.15, 0.2) is 58.3 Å². The first-order chi connectivity index (χ1) is 9.50. The highest BCUT2D eigenvalue weighted by molar-refractivity contribution is 7.91. The number of rotatable bonds is 2. The van der Waals surface area contributed by atoms with Gasteiger partial charge in [0.15, 0.2) is 5.78 Å². The van der Waals surface area contributed by atoms with E-state index in [1.807, 2.05) is 0 Å². The van der Waals surface area contributed by atoms with Crippen LogP contribution in [0.25, 0.3) is 0 Å². The van der Waals surface area contributed by atoms with Gasteiger partial charge < -0.3 is 5.11 Å². The first-order valence-electron chi connectivity index (χ1n) is 6.15. The van der Waals surface area contributed by atoms with Gasteiger partial charge in [-0.1, -0.05) is 24.3 Å². The second kappa shape index (κ2) is 4.54. The van der Waals surface area contributed by atoms with Gasteiger partial charge >= 0.3 is 0 Å². The van der Waals surface area contributed by atoms with Gasteiger partial charge in [-0.3, -0.25) is 4.79 Å². The number of benzene rings is 2. The minimum atomic E-state index is -3.64. The van der Waals surface area contributed by atoms with Gasteiger partial charge in [0.05, 0.1) is 9.79 Å². The molecule has 5 heteroatoms. The molecule has 2 aromatic carbocycles. The van der Waals surface area contributed by atoms with Gasteiger partial charge in [0.1, 0.15) is 6.10 Å². The van der Waals surface area contributed by atoms with Gasteiger partial charge in [-0.2, -0.15) is 0 Å². The molecule has 3 rings (SSSR count). The van der Waals surface area contributed by atoms with Crippen molar-refractivity contribution in [3.05, 3.63) is 59.7 Å². The smallest absolute Gasteiger partial charge is 0.206 e. The highest BCUT2D eigenvalue weighted by Crippen LogP contribution is 2.28. The van der Waals surface area contributed by atoms with E-state index < -0.39 is 21.7 Å². The Kier molecular flexibility index (Phi) is 2.96. The van der Waals surface area contributed by atoms with E-state index in [1.54, 1.807) is 24.3 Å². The summed E-state index contributed by atoms with van der Waals surface area (Å²) in [6.45, 7) is 0. The molecule has 2 aromatic rings. The molecule has 1 unspecified atom stereocenters. The second-order valence-electron chi connectivity index (χ2n) is 4.72. The number of sulfone groups is 1. The van der Waals surface area contributed by atoms with Crippen molar-refractivity contribution in [2.75, 3.05) is 0 Å². The summed E-state index contributed by atoms with van der Waals surface area (Å²) in [4.78, 5) is 12.0. The molecule has 1 aliphatic rings. The van der Waals surface area contributed by atoms with Crippen LogP contribution in [0.2, 0.25) is 0 Å². The predicted octanol–water partition coefficient (Wildman–Crippen LogP) is 1.62. The average molecular weight is 288 g/mol. The Morgan fingerprint density at radius 1 is 1.00 bits per heavy atom. The van der Waals surface area contributed by atoms with Crippen LogP contribution < -0.4 is 0 Å². The summed E-state index contributed by atoms with van der Waals surface area (Å²) in [5, 5.41) is 9.53. The minimum absolute atomic E-state index is 0.0740. The van der Waals surface area contributed by atoms with Crippen LogP contribution >= 0.6 is 0 Å². The molecule has 0 radical (unpaired) electrons. The number of fused-ring (bicyclic) bond motifs is 1. The van der Waals surface area contributed by atoms with Crippen molar-refractivity contribution in [3.63, 3.8) is 0 Å². The van der Waals surface area contributed by atoms with Crippen molar-refractivity contribution in [1.82, 2.24) is 0 Å². The molecule has 102 valence electrons. The number of Topliss-reactive ketones (excluding diaryl/α,β-unsaturated/α-hetero) is 1. The molecule has 1 atom stereocenters. The largest absolute Gasteiger partial charge is 0.385 e. The predicted molar refractivity (Wildman–Crippen MR) is 72.4 cm³/mol. The summed E-state index contributed by atoms with van der Waals surface area (Å²) in [5.41, 5.74) is 0.990. The zero-order valence-electron chi connectivity index (χ0n) is 10.5. The molecule has 0 saturated carbocycles. The van der Waals surface area contributed by atoms with E-state index in [-0.39, 0.29) is 16.2 Å². The van der Waals surface area contributed by atoms with Gasteiger partial charge in [0.25, 0.3) is 0 Å². The Balaban J connectivity index is 2.12. The lowest BCUT2D eigenvalue weighted by Gasteiger charge is -2.06. The Hall–Kier alpha value is -1.98. The van der Waals surface area contributed by atoms with E-state index in [9.17, 15) is 18.3 Å². The van der Waals surface area contributed by atoms with Crippen molar-refractivity contribution in [2.45, 2.75) is 22.3 Å². The maximum atomic E-state index is 12.4. The first kappa shape index (κ1) is 13.0. The van der Waals surface area contributed by atoms with Crippen molar-refractivity contribution in [1.29, 1.82) is 0 Å². The van der Waals surface area contributed by atoms with Gasteiger partial charge in [0.2, 0.25) is 9.84 Å². The monoisotopic (exact) mass is 288 g/mol. The molecule has 20 heavy (non-hydrogen) atoms. The molecule has 0 heterocycles. The molecule has 0 aromatic heterocycles. The molecule has 4 nitrogen and oxygen atoms in total. The van der Waals surface area contributed by atoms with Gasteiger partial charge in [-0.25, -0.2) is 8.42 Å². The molecule has 0 fully saturated rings. The number of aliphatic hydroxyl groups is 1. The SMILES string of the molecule is O=C1c2cc(S(=O)(=O)c3ccccc3)ccc2CC1O. The Labute approximate surface area is 116 Å². The molecular formula is C15H12O4S. The number of ketones is 1. The highest BCUT2D eigenvalue weighted by Gasteiger charge is 2.30. The Bertz CT molecular complexity index is 779. The molecule has 0 saturated heterocycles. The van der Waals surface area contributed by atoms with Gasteiger partial charge in [-0.15, -0.1) is 0 Å². The summed E-state index contributed by atoms with van der Waals surface area (Å²) < 4.78 is 24.9. The molecule has 0 bridgehead atoms. The molecule has 0 aliphatic heterocycles. The molecular weight excluding hydrogens is 276 g/mol. The normalized spacial score (nSPS) is 18.1. The molecule has 0 amide bonds. The summed E-state index contributed by atoms with van der Waals surface area (Å²) >= 11 is 0. The number of hydrogen-bond acceptors (Lipinski definition) is 4. The number of hydrogen-bond donors (Lipinski definition) is 1. The first-order valence-corrected chi connectivity index (χ1v) is 7.64. The molecule has 1 aliphatic carbocycles. The van der Waals surface area contributed by atoms with E-state index in [0.717, 1.165) is 0 Å². The maximum absolute atomic E-state index is 12.4. The molecule has 1 N–H and O–H groups in total. The second-order valence-corrected chi connectivity index (χ2v) is 6.67. The Morgan fingerprint density at radius 3 is 2.40 bits per heavy atom. The van der Waals surface area contributed by atoms with Crippen LogP contribution in [-0.2, 0) is 16.3 Å². The van der Waals surface area contributed by atoms with E-state index in [2.05, 4.69) is 0 Å². The van der Waals surface area contributed by atoms with Crippen molar-refractivity contribution < 1.29 is 18.3 Å². The van der Waals surface area contributed by atoms with Crippen LogP contribution in [0, 0.1) is 0 Å². The van der Waals surface area contributed by atoms with Crippen molar-refractivity contribution >= 4 is 15.6 Å². The fourth-order valence-corrected chi connectivity index (χ4v) is 3.65. The lowest BCUT2D eigenvalue weighted by molar-refractivity contribution is 0.0780. The third kappa shape index (κ3) is 1.95. The van der Waals surface area contributed by atoms with Crippen LogP contribution in [0.3, 0.4) is 0 Å². The van der Waals surface area contributed by atoms with Gasteiger partial charge in [-0.05, 0) is 29.8 Å². The van der Waals surface area contributed by atoms with Crippen molar-refractivity contribution in [3.8, 4) is 0 Å². The third-order valence-electron chi connectivity index (χ3n) is 3.43. The van der Waals surface area contributed by atoms with Crippen LogP contribution in [0.4, 0.5) is 0 Å². The van der Waals surface area contributed by atoms with Crippen LogP contribution in [0.1, 0.15) is 15.9 Å². The average Bonchev–Trinajstić information content (AvgIpc) is 2.75. The summed E-state index contributed by atoms with van der Waals surface area (Å²) in [5.74, 6) is -0.412. The van der Waals surface area contributed by atoms with E-state index in [4.69, 9.17) is 0 Å². The van der Waals surface area contributed by atoms with Crippen LogP contribution in [0.5, 0.6) is 0 Å². The zero-order chi connectivity index (χ0) is 14.3. The topological polar surface area (TPSA) is 71.4 Å². The summed E-state index contributed by atoms with van der Waals surface area (Å²) in [7, 11) is -3.64. The number of carbonyl (C=O) groups is 1. The Morgan fingerprint density at radius 2 is 1.70 bits per heavy atom. The van der Waals surface area contributed by atoms with E-state index in [0.29, 0.717) is 11.1 Å².